The maximum Gasteiger partial charge on any atom is 0.504 e. The van der Waals surface area contributed by atoms with Crippen LogP contribution in [-0.2, 0) is 0 Å². The van der Waals surface area contributed by atoms with Crippen LogP contribution < -0.4 is 4.65 Å². The Balaban J connectivity index is 1.48. The van der Waals surface area contributed by atoms with E-state index >= 15 is 0 Å². The lowest BCUT2D eigenvalue weighted by Gasteiger charge is -2.11. The molecular weight excluding hydrogens is 503 g/mol. The number of hydrogen-bond acceptors (Lipinski definition) is 2. The second-order valence-electron chi connectivity index (χ2n) is 10.3. The monoisotopic (exact) mass is 528 g/mol. The Kier molecular flexibility index (Phi) is 5.44. The highest BCUT2D eigenvalue weighted by molar-refractivity contribution is 6.19. The third-order valence-corrected chi connectivity index (χ3v) is 7.99. The highest BCUT2D eigenvalue weighted by atomic mass is 16.5. The lowest BCUT2D eigenvalue weighted by molar-refractivity contribution is 0.454. The Morgan fingerprint density at radius 2 is 1.02 bits per heavy atom. The topological polar surface area (TPSA) is 39.3 Å². The molecular formula is C36H25BN2O2. The van der Waals surface area contributed by atoms with Crippen molar-refractivity contribution in [2.75, 3.05) is 0 Å². The van der Waals surface area contributed by atoms with E-state index in [0.29, 0.717) is 5.75 Å². The van der Waals surface area contributed by atoms with Gasteiger partial charge in [0, 0.05) is 32.9 Å². The highest BCUT2D eigenvalue weighted by Crippen LogP contribution is 2.40. The van der Waals surface area contributed by atoms with Crippen LogP contribution in [0.4, 0.5) is 0 Å². The summed E-state index contributed by atoms with van der Waals surface area (Å²) in [6.07, 6.45) is 0. The van der Waals surface area contributed by atoms with E-state index in [0.717, 1.165) is 33.5 Å². The molecule has 0 radical (unpaired) electrons. The van der Waals surface area contributed by atoms with E-state index in [1.807, 2.05) is 18.2 Å². The average Bonchev–Trinajstić information content (AvgIpc) is 3.52. The summed E-state index contributed by atoms with van der Waals surface area (Å²) in [4.78, 5) is 0. The van der Waals surface area contributed by atoms with Crippen molar-refractivity contribution in [3.8, 4) is 28.3 Å². The molecule has 0 amide bonds. The van der Waals surface area contributed by atoms with Gasteiger partial charge < -0.3 is 18.8 Å². The highest BCUT2D eigenvalue weighted by Gasteiger charge is 2.19. The first kappa shape index (κ1) is 23.6. The van der Waals surface area contributed by atoms with Crippen molar-refractivity contribution in [3.05, 3.63) is 140 Å². The summed E-state index contributed by atoms with van der Waals surface area (Å²) >= 11 is 0. The molecule has 8 aromatic rings. The van der Waals surface area contributed by atoms with Gasteiger partial charge in [0.15, 0.2) is 0 Å². The van der Waals surface area contributed by atoms with Crippen molar-refractivity contribution in [2.24, 2.45) is 0 Å². The maximum atomic E-state index is 9.26. The predicted octanol–water partition coefficient (Wildman–Crippen LogP) is 8.19. The van der Waals surface area contributed by atoms with E-state index < -0.39 is 0 Å². The lowest BCUT2D eigenvalue weighted by Crippen LogP contribution is -1.99. The summed E-state index contributed by atoms with van der Waals surface area (Å²) < 4.78 is 10.1. The van der Waals surface area contributed by atoms with Crippen molar-refractivity contribution in [1.29, 1.82) is 0 Å². The number of hydrogen-bond donors (Lipinski definition) is 1. The van der Waals surface area contributed by atoms with Gasteiger partial charge in [-0.15, -0.1) is 0 Å². The Bertz CT molecular complexity index is 2220. The summed E-state index contributed by atoms with van der Waals surface area (Å²) in [5.74, 6) is 0.643. The first-order valence-electron chi connectivity index (χ1n) is 13.8. The zero-order valence-electron chi connectivity index (χ0n) is 22.2. The molecule has 0 saturated carbocycles. The molecule has 4 nitrogen and oxygen atoms in total. The van der Waals surface area contributed by atoms with Crippen LogP contribution in [0.2, 0.25) is 0 Å². The summed E-state index contributed by atoms with van der Waals surface area (Å²) in [7, 11) is -0.349. The molecule has 0 atom stereocenters. The Morgan fingerprint density at radius 1 is 0.439 bits per heavy atom. The molecule has 1 N–H and O–H groups in total. The van der Waals surface area contributed by atoms with Gasteiger partial charge in [-0.1, -0.05) is 78.9 Å². The second kappa shape index (κ2) is 9.44. The van der Waals surface area contributed by atoms with Gasteiger partial charge in [-0.05, 0) is 71.8 Å². The van der Waals surface area contributed by atoms with E-state index in [1.165, 1.54) is 32.6 Å². The molecule has 0 aliphatic heterocycles. The molecule has 2 heterocycles. The van der Waals surface area contributed by atoms with Crippen LogP contribution >= 0.6 is 0 Å². The van der Waals surface area contributed by atoms with Crippen molar-refractivity contribution in [3.63, 3.8) is 0 Å². The molecule has 0 unspecified atom stereocenters. The summed E-state index contributed by atoms with van der Waals surface area (Å²) in [5.41, 5.74) is 9.06. The molecule has 0 fully saturated rings. The van der Waals surface area contributed by atoms with Crippen LogP contribution in [0.25, 0.3) is 66.1 Å². The lowest BCUT2D eigenvalue weighted by atomic mass is 10.0. The van der Waals surface area contributed by atoms with Gasteiger partial charge in [0.1, 0.15) is 5.75 Å². The standard InChI is InChI=1S/C36H25BN2O2/c40-37-41-28-15-9-10-24(20-28)25-18-19-30-32-22-31-29-16-7-8-17-33(29)38(26-11-3-1-4-12-26)35(31)23-36(32)39(34(30)21-25)27-13-5-2-6-14-27/h1-23,37,40H. The maximum absolute atomic E-state index is 9.26. The van der Waals surface area contributed by atoms with Crippen molar-refractivity contribution >= 4 is 51.3 Å². The Labute approximate surface area is 237 Å². The number of benzene rings is 6. The molecule has 0 saturated heterocycles. The van der Waals surface area contributed by atoms with Crippen LogP contribution in [0.5, 0.6) is 5.75 Å². The Hall–Kier alpha value is -5.26. The molecule has 41 heavy (non-hydrogen) atoms. The van der Waals surface area contributed by atoms with E-state index in [1.54, 1.807) is 0 Å². The number of rotatable bonds is 5. The SMILES string of the molecule is OBOc1cccc(-c2ccc3c4cc5c6ccccc6n(-c6ccccc6)c5cc4n(-c4ccccc4)c3c2)c1. The first-order valence-corrected chi connectivity index (χ1v) is 13.8. The fourth-order valence-electron chi connectivity index (χ4n) is 6.21. The third kappa shape index (κ3) is 3.74. The van der Waals surface area contributed by atoms with Gasteiger partial charge >= 0.3 is 7.69 Å². The van der Waals surface area contributed by atoms with E-state index in [-0.39, 0.29) is 7.69 Å². The zero-order valence-corrected chi connectivity index (χ0v) is 22.2. The summed E-state index contributed by atoms with van der Waals surface area (Å²) in [5, 5.41) is 14.2. The van der Waals surface area contributed by atoms with Gasteiger partial charge in [-0.2, -0.15) is 0 Å². The minimum Gasteiger partial charge on any atom is -0.539 e. The van der Waals surface area contributed by atoms with Crippen LogP contribution in [0.1, 0.15) is 0 Å². The van der Waals surface area contributed by atoms with Crippen LogP contribution in [-0.4, -0.2) is 21.8 Å². The van der Waals surface area contributed by atoms with Crippen LogP contribution in [0.15, 0.2) is 140 Å². The number of aromatic nitrogens is 2. The molecule has 0 bridgehead atoms. The predicted molar refractivity (Wildman–Crippen MR) is 171 cm³/mol. The van der Waals surface area contributed by atoms with Crippen LogP contribution in [0.3, 0.4) is 0 Å². The van der Waals surface area contributed by atoms with Crippen molar-refractivity contribution < 1.29 is 9.68 Å². The molecule has 0 spiro atoms. The normalized spacial score (nSPS) is 11.5. The third-order valence-electron chi connectivity index (χ3n) is 7.99. The number of fused-ring (bicyclic) bond motifs is 6. The molecule has 6 aromatic carbocycles. The number of para-hydroxylation sites is 3. The van der Waals surface area contributed by atoms with E-state index in [4.69, 9.17) is 4.65 Å². The fraction of sp³-hybridized carbons (Fsp3) is 0. The molecule has 194 valence electrons. The molecule has 5 heteroatoms. The minimum atomic E-state index is -0.349. The molecule has 2 aromatic heterocycles. The molecule has 0 aliphatic rings. The minimum absolute atomic E-state index is 0.349. The fourth-order valence-corrected chi connectivity index (χ4v) is 6.21. The van der Waals surface area contributed by atoms with Gasteiger partial charge in [0.05, 0.1) is 22.1 Å². The van der Waals surface area contributed by atoms with Gasteiger partial charge in [0.2, 0.25) is 0 Å². The zero-order chi connectivity index (χ0) is 27.3. The van der Waals surface area contributed by atoms with Crippen molar-refractivity contribution in [2.45, 2.75) is 0 Å². The van der Waals surface area contributed by atoms with E-state index in [2.05, 4.69) is 130 Å². The van der Waals surface area contributed by atoms with E-state index in [9.17, 15) is 5.02 Å². The second-order valence-corrected chi connectivity index (χ2v) is 10.3. The number of nitrogens with zero attached hydrogens (tertiary/aromatic N) is 2. The average molecular weight is 528 g/mol. The smallest absolute Gasteiger partial charge is 0.504 e. The summed E-state index contributed by atoms with van der Waals surface area (Å²) in [6.45, 7) is 0. The van der Waals surface area contributed by atoms with Gasteiger partial charge in [-0.25, -0.2) is 0 Å². The largest absolute Gasteiger partial charge is 0.539 e. The molecule has 0 aliphatic carbocycles. The molecule has 8 rings (SSSR count). The quantitative estimate of drug-likeness (QED) is 0.229. The van der Waals surface area contributed by atoms with Crippen LogP contribution in [0, 0.1) is 0 Å². The van der Waals surface area contributed by atoms with Crippen molar-refractivity contribution in [1.82, 2.24) is 9.13 Å². The van der Waals surface area contributed by atoms with Gasteiger partial charge in [-0.3, -0.25) is 0 Å². The first-order chi connectivity index (χ1) is 20.3. The Morgan fingerprint density at radius 3 is 1.73 bits per heavy atom. The van der Waals surface area contributed by atoms with Gasteiger partial charge in [0.25, 0.3) is 0 Å². The summed E-state index contributed by atoms with van der Waals surface area (Å²) in [6, 6.07) is 49.0.